The topological polar surface area (TPSA) is 18.5 Å². The van der Waals surface area contributed by atoms with E-state index in [0.717, 1.165) is 12.1 Å². The third-order valence-electron chi connectivity index (χ3n) is 2.56. The molecule has 0 N–H and O–H groups in total. The van der Waals surface area contributed by atoms with E-state index in [1.54, 1.807) is 0 Å². The van der Waals surface area contributed by atoms with Crippen molar-refractivity contribution >= 4 is 11.6 Å². The molecule has 2 rings (SSSR count). The molecule has 2 aromatic rings. The van der Waals surface area contributed by atoms with Gasteiger partial charge in [-0.15, -0.1) is 13.2 Å². The Labute approximate surface area is 127 Å². The van der Waals surface area contributed by atoms with Crippen LogP contribution in [0, 0.1) is 0 Å². The summed E-state index contributed by atoms with van der Waals surface area (Å²) in [6.07, 6.45) is -4.80. The maximum Gasteiger partial charge on any atom is 0.573 e. The van der Waals surface area contributed by atoms with Crippen molar-refractivity contribution in [2.45, 2.75) is 13.0 Å². The minimum absolute atomic E-state index is 0.174. The molecule has 0 saturated heterocycles. The first-order chi connectivity index (χ1) is 10.2. The zero-order chi connectivity index (χ0) is 16.3. The van der Waals surface area contributed by atoms with Crippen molar-refractivity contribution in [1.29, 1.82) is 0 Å². The molecule has 0 amide bonds. The minimum Gasteiger partial charge on any atom is -0.434 e. The van der Waals surface area contributed by atoms with Gasteiger partial charge in [0.1, 0.15) is 11.5 Å². The molecule has 2 aromatic carbocycles. The Hall–Kier alpha value is -2.02. The highest BCUT2D eigenvalue weighted by Crippen LogP contribution is 2.35. The molecule has 0 saturated carbocycles. The second-order valence-electron chi connectivity index (χ2n) is 4.09. The van der Waals surface area contributed by atoms with Crippen LogP contribution in [0.5, 0.6) is 11.5 Å². The summed E-state index contributed by atoms with van der Waals surface area (Å²) in [6, 6.07) is 8.82. The van der Waals surface area contributed by atoms with Gasteiger partial charge in [-0.05, 0) is 35.9 Å². The monoisotopic (exact) mass is 338 g/mol. The van der Waals surface area contributed by atoms with Gasteiger partial charge in [0.15, 0.2) is 0 Å². The van der Waals surface area contributed by atoms with Crippen LogP contribution in [0.3, 0.4) is 0 Å². The Bertz CT molecular complexity index is 641. The maximum atomic E-state index is 12.4. The highest BCUT2D eigenvalue weighted by atomic mass is 35.5. The van der Waals surface area contributed by atoms with E-state index in [4.69, 9.17) is 11.6 Å². The number of halogens is 6. The summed E-state index contributed by atoms with van der Waals surface area (Å²) >= 11 is 5.72. The van der Waals surface area contributed by atoms with Gasteiger partial charge in [-0.2, -0.15) is 8.78 Å². The largest absolute Gasteiger partial charge is 0.573 e. The van der Waals surface area contributed by atoms with E-state index in [1.807, 2.05) is 0 Å². The van der Waals surface area contributed by atoms with Crippen LogP contribution in [-0.2, 0) is 0 Å². The fraction of sp³-hybridized carbons (Fsp3) is 0.143. The summed E-state index contributed by atoms with van der Waals surface area (Å²) in [5.41, 5.74) is 0.644. The van der Waals surface area contributed by atoms with Crippen LogP contribution in [0.4, 0.5) is 22.0 Å². The Balaban J connectivity index is 2.32. The van der Waals surface area contributed by atoms with E-state index in [9.17, 15) is 22.0 Å². The SMILES string of the molecule is FC(F)Oc1cc(Cl)ccc1-c1ccc(OC(F)(F)F)cc1. The Morgan fingerprint density at radius 1 is 0.955 bits per heavy atom. The summed E-state index contributed by atoms with van der Waals surface area (Å²) in [5, 5.41) is 0.191. The molecule has 2 nitrogen and oxygen atoms in total. The van der Waals surface area contributed by atoms with Gasteiger partial charge in [-0.3, -0.25) is 0 Å². The molecule has 0 bridgehead atoms. The van der Waals surface area contributed by atoms with Crippen molar-refractivity contribution < 1.29 is 31.4 Å². The van der Waals surface area contributed by atoms with Crippen LogP contribution in [0.15, 0.2) is 42.5 Å². The average molecular weight is 339 g/mol. The second kappa shape index (κ2) is 6.39. The Morgan fingerprint density at radius 3 is 2.14 bits per heavy atom. The Kier molecular flexibility index (Phi) is 4.75. The second-order valence-corrected chi connectivity index (χ2v) is 4.53. The van der Waals surface area contributed by atoms with Gasteiger partial charge < -0.3 is 9.47 Å². The molecular weight excluding hydrogens is 331 g/mol. The standard InChI is InChI=1S/C14H8ClF5O2/c15-9-3-6-11(12(7-9)21-13(16)17)8-1-4-10(5-2-8)22-14(18,19)20/h1-7,13H. The van der Waals surface area contributed by atoms with Crippen molar-refractivity contribution in [3.8, 4) is 22.6 Å². The van der Waals surface area contributed by atoms with Crippen LogP contribution >= 0.6 is 11.6 Å². The number of alkyl halides is 5. The third-order valence-corrected chi connectivity index (χ3v) is 2.79. The van der Waals surface area contributed by atoms with Crippen LogP contribution < -0.4 is 9.47 Å². The number of hydrogen-bond acceptors (Lipinski definition) is 2. The molecule has 0 heterocycles. The lowest BCUT2D eigenvalue weighted by atomic mass is 10.0. The predicted molar refractivity (Wildman–Crippen MR) is 70.2 cm³/mol. The van der Waals surface area contributed by atoms with Gasteiger partial charge in [0, 0.05) is 10.6 Å². The summed E-state index contributed by atoms with van der Waals surface area (Å²) < 4.78 is 69.1. The van der Waals surface area contributed by atoms with Crippen molar-refractivity contribution in [3.05, 3.63) is 47.5 Å². The van der Waals surface area contributed by atoms with E-state index >= 15 is 0 Å². The van der Waals surface area contributed by atoms with Crippen LogP contribution in [-0.4, -0.2) is 13.0 Å². The first-order valence-electron chi connectivity index (χ1n) is 5.85. The molecule has 0 spiro atoms. The van der Waals surface area contributed by atoms with Gasteiger partial charge in [0.05, 0.1) is 0 Å². The number of rotatable bonds is 4. The third kappa shape index (κ3) is 4.49. The molecule has 0 aliphatic heterocycles. The van der Waals surface area contributed by atoms with Crippen LogP contribution in [0.2, 0.25) is 5.02 Å². The number of benzene rings is 2. The van der Waals surface area contributed by atoms with Crippen molar-refractivity contribution in [1.82, 2.24) is 0 Å². The van der Waals surface area contributed by atoms with E-state index in [0.29, 0.717) is 5.56 Å². The van der Waals surface area contributed by atoms with E-state index in [2.05, 4.69) is 9.47 Å². The fourth-order valence-electron chi connectivity index (χ4n) is 1.76. The van der Waals surface area contributed by atoms with E-state index < -0.39 is 18.7 Å². The van der Waals surface area contributed by atoms with Gasteiger partial charge >= 0.3 is 13.0 Å². The molecule has 22 heavy (non-hydrogen) atoms. The van der Waals surface area contributed by atoms with Crippen molar-refractivity contribution in [2.24, 2.45) is 0 Å². The average Bonchev–Trinajstić information content (AvgIpc) is 2.37. The first-order valence-corrected chi connectivity index (χ1v) is 6.23. The molecular formula is C14H8ClF5O2. The summed E-state index contributed by atoms with van der Waals surface area (Å²) in [4.78, 5) is 0. The van der Waals surface area contributed by atoms with Gasteiger partial charge in [0.25, 0.3) is 0 Å². The lowest BCUT2D eigenvalue weighted by Gasteiger charge is -2.12. The zero-order valence-electron chi connectivity index (χ0n) is 10.7. The van der Waals surface area contributed by atoms with Crippen LogP contribution in [0.25, 0.3) is 11.1 Å². The molecule has 118 valence electrons. The summed E-state index contributed by atoms with van der Waals surface area (Å²) in [7, 11) is 0. The van der Waals surface area contributed by atoms with E-state index in [-0.39, 0.29) is 16.3 Å². The van der Waals surface area contributed by atoms with Gasteiger partial charge in [-0.25, -0.2) is 0 Å². The lowest BCUT2D eigenvalue weighted by molar-refractivity contribution is -0.274. The molecule has 0 aliphatic rings. The molecule has 0 radical (unpaired) electrons. The predicted octanol–water partition coefficient (Wildman–Crippen LogP) is 5.51. The summed E-state index contributed by atoms with van der Waals surface area (Å²) in [6.45, 7) is -3.05. The van der Waals surface area contributed by atoms with Crippen molar-refractivity contribution in [2.75, 3.05) is 0 Å². The molecule has 0 unspecified atom stereocenters. The highest BCUT2D eigenvalue weighted by molar-refractivity contribution is 6.30. The molecule has 0 fully saturated rings. The molecule has 0 aliphatic carbocycles. The first kappa shape index (κ1) is 16.4. The number of hydrogen-bond donors (Lipinski definition) is 0. The van der Waals surface area contributed by atoms with Gasteiger partial charge in [-0.1, -0.05) is 23.7 Å². The molecule has 8 heteroatoms. The van der Waals surface area contributed by atoms with Crippen molar-refractivity contribution in [3.63, 3.8) is 0 Å². The highest BCUT2D eigenvalue weighted by Gasteiger charge is 2.31. The lowest BCUT2D eigenvalue weighted by Crippen LogP contribution is -2.16. The normalized spacial score (nSPS) is 11.6. The molecule has 0 atom stereocenters. The fourth-order valence-corrected chi connectivity index (χ4v) is 1.93. The quantitative estimate of drug-likeness (QED) is 0.685. The molecule has 0 aromatic heterocycles. The smallest absolute Gasteiger partial charge is 0.434 e. The van der Waals surface area contributed by atoms with Crippen LogP contribution in [0.1, 0.15) is 0 Å². The minimum atomic E-state index is -4.80. The number of ether oxygens (including phenoxy) is 2. The van der Waals surface area contributed by atoms with Gasteiger partial charge in [0.2, 0.25) is 0 Å². The van der Waals surface area contributed by atoms with E-state index in [1.165, 1.54) is 30.3 Å². The Morgan fingerprint density at radius 2 is 1.59 bits per heavy atom. The zero-order valence-corrected chi connectivity index (χ0v) is 11.5. The maximum absolute atomic E-state index is 12.4. The summed E-state index contributed by atoms with van der Waals surface area (Å²) in [5.74, 6) is -0.589.